The maximum absolute atomic E-state index is 11.1. The monoisotopic (exact) mass is 540 g/mol. The van der Waals surface area contributed by atoms with Crippen molar-refractivity contribution in [3.05, 3.63) is 83.4 Å². The second kappa shape index (κ2) is 16.0. The number of aliphatic carboxylic acids is 1. The van der Waals surface area contributed by atoms with Gasteiger partial charge in [-0.1, -0.05) is 24.3 Å². The SMILES string of the molecule is CSCCNc1cccc(COc2cc(CCC(=O)O)cc(OCc3cccc(NCCSC)c3)c2)c1. The van der Waals surface area contributed by atoms with Crippen molar-refractivity contribution in [2.24, 2.45) is 0 Å². The molecule has 0 radical (unpaired) electrons. The molecule has 0 aromatic heterocycles. The van der Waals surface area contributed by atoms with Crippen molar-refractivity contribution in [2.45, 2.75) is 26.1 Å². The number of hydrogen-bond acceptors (Lipinski definition) is 7. The second-order valence-electron chi connectivity index (χ2n) is 8.52. The third-order valence-corrected chi connectivity index (χ3v) is 6.73. The molecule has 0 spiro atoms. The quantitative estimate of drug-likeness (QED) is 0.170. The highest BCUT2D eigenvalue weighted by Crippen LogP contribution is 2.26. The van der Waals surface area contributed by atoms with E-state index >= 15 is 0 Å². The molecule has 0 aliphatic rings. The van der Waals surface area contributed by atoms with Crippen LogP contribution in [-0.2, 0) is 24.4 Å². The van der Waals surface area contributed by atoms with E-state index in [1.54, 1.807) is 0 Å². The van der Waals surface area contributed by atoms with Gasteiger partial charge in [0.15, 0.2) is 0 Å². The molecule has 37 heavy (non-hydrogen) atoms. The molecule has 3 aromatic carbocycles. The Morgan fingerprint density at radius 1 is 0.757 bits per heavy atom. The van der Waals surface area contributed by atoms with Gasteiger partial charge in [-0.3, -0.25) is 4.79 Å². The fourth-order valence-corrected chi connectivity index (χ4v) is 4.28. The minimum atomic E-state index is -0.828. The van der Waals surface area contributed by atoms with Crippen LogP contribution >= 0.6 is 23.5 Å². The van der Waals surface area contributed by atoms with E-state index in [1.165, 1.54) is 0 Å². The summed E-state index contributed by atoms with van der Waals surface area (Å²) in [6.07, 6.45) is 4.65. The minimum absolute atomic E-state index is 0.0520. The molecular weight excluding hydrogens is 504 g/mol. The van der Waals surface area contributed by atoms with Crippen LogP contribution in [0.5, 0.6) is 11.5 Å². The fraction of sp³-hybridized carbons (Fsp3) is 0.345. The van der Waals surface area contributed by atoms with Gasteiger partial charge in [-0.05, 0) is 72.0 Å². The van der Waals surface area contributed by atoms with Gasteiger partial charge >= 0.3 is 5.97 Å². The lowest BCUT2D eigenvalue weighted by molar-refractivity contribution is -0.136. The van der Waals surface area contributed by atoms with Crippen LogP contribution in [0.25, 0.3) is 0 Å². The zero-order valence-corrected chi connectivity index (χ0v) is 23.1. The van der Waals surface area contributed by atoms with Crippen LogP contribution in [0.15, 0.2) is 66.7 Å². The van der Waals surface area contributed by atoms with Crippen molar-refractivity contribution in [1.82, 2.24) is 0 Å². The summed E-state index contributed by atoms with van der Waals surface area (Å²) in [6, 6.07) is 22.0. The van der Waals surface area contributed by atoms with E-state index in [4.69, 9.17) is 14.6 Å². The molecule has 0 fully saturated rings. The molecule has 3 rings (SSSR count). The molecule has 0 aliphatic heterocycles. The lowest BCUT2D eigenvalue weighted by atomic mass is 10.1. The maximum Gasteiger partial charge on any atom is 0.303 e. The number of rotatable bonds is 17. The van der Waals surface area contributed by atoms with Gasteiger partial charge in [0.25, 0.3) is 0 Å². The molecule has 3 N–H and O–H groups in total. The van der Waals surface area contributed by atoms with Crippen LogP contribution in [0.3, 0.4) is 0 Å². The van der Waals surface area contributed by atoms with E-state index < -0.39 is 5.97 Å². The summed E-state index contributed by atoms with van der Waals surface area (Å²) >= 11 is 3.62. The number of benzene rings is 3. The van der Waals surface area contributed by atoms with Gasteiger partial charge in [-0.25, -0.2) is 0 Å². The number of aryl methyl sites for hydroxylation is 1. The normalized spacial score (nSPS) is 10.6. The van der Waals surface area contributed by atoms with Gasteiger partial charge in [-0.2, -0.15) is 23.5 Å². The van der Waals surface area contributed by atoms with Crippen molar-refractivity contribution in [3.8, 4) is 11.5 Å². The van der Waals surface area contributed by atoms with Crippen molar-refractivity contribution < 1.29 is 19.4 Å². The number of nitrogens with one attached hydrogen (secondary N) is 2. The van der Waals surface area contributed by atoms with E-state index in [1.807, 2.05) is 66.0 Å². The maximum atomic E-state index is 11.1. The average Bonchev–Trinajstić information content (AvgIpc) is 2.90. The molecule has 0 atom stereocenters. The van der Waals surface area contributed by atoms with Gasteiger partial charge in [-0.15, -0.1) is 0 Å². The molecule has 0 saturated carbocycles. The first kappa shape index (κ1) is 28.6. The van der Waals surface area contributed by atoms with Crippen molar-refractivity contribution >= 4 is 40.9 Å². The molecule has 8 heteroatoms. The zero-order valence-electron chi connectivity index (χ0n) is 21.5. The van der Waals surface area contributed by atoms with Crippen LogP contribution in [-0.4, -0.2) is 48.2 Å². The number of hydrogen-bond donors (Lipinski definition) is 3. The number of carboxylic acids is 1. The van der Waals surface area contributed by atoms with Gasteiger partial charge < -0.3 is 25.2 Å². The summed E-state index contributed by atoms with van der Waals surface area (Å²) in [5.74, 6) is 2.58. The van der Waals surface area contributed by atoms with E-state index in [0.717, 1.165) is 52.7 Å². The van der Waals surface area contributed by atoms with Gasteiger partial charge in [0, 0.05) is 48.5 Å². The Bertz CT molecular complexity index is 1050. The number of anilines is 2. The molecule has 0 heterocycles. The van der Waals surface area contributed by atoms with Gasteiger partial charge in [0.2, 0.25) is 0 Å². The summed E-state index contributed by atoms with van der Waals surface area (Å²) in [5, 5.41) is 16.0. The molecule has 0 bridgehead atoms. The van der Waals surface area contributed by atoms with Crippen LogP contribution < -0.4 is 20.1 Å². The number of thioether (sulfide) groups is 2. The predicted molar refractivity (Wildman–Crippen MR) is 158 cm³/mol. The zero-order chi connectivity index (χ0) is 26.3. The molecule has 0 saturated heterocycles. The van der Waals surface area contributed by atoms with Crippen molar-refractivity contribution in [3.63, 3.8) is 0 Å². The topological polar surface area (TPSA) is 79.8 Å². The molecule has 0 aliphatic carbocycles. The largest absolute Gasteiger partial charge is 0.489 e. The summed E-state index contributed by atoms with van der Waals surface area (Å²) in [4.78, 5) is 11.1. The summed E-state index contributed by atoms with van der Waals surface area (Å²) in [6.45, 7) is 2.64. The highest BCUT2D eigenvalue weighted by atomic mass is 32.2. The molecular formula is C29H36N2O4S2. The standard InChI is InChI=1S/C29H36N2O4S2/c1-36-13-11-30-25-7-3-5-23(15-25)20-34-27-17-22(9-10-29(32)33)18-28(19-27)35-21-24-6-4-8-26(16-24)31-12-14-37-2/h3-8,15-19,30-31H,9-14,20-21H2,1-2H3,(H,32,33). The number of carboxylic acid groups (broad SMARTS) is 1. The van der Waals surface area contributed by atoms with Crippen molar-refractivity contribution in [2.75, 3.05) is 47.7 Å². The Hall–Kier alpha value is -2.97. The van der Waals surface area contributed by atoms with Crippen LogP contribution in [0.4, 0.5) is 11.4 Å². The van der Waals surface area contributed by atoms with Crippen molar-refractivity contribution in [1.29, 1.82) is 0 Å². The molecule has 0 unspecified atom stereocenters. The van der Waals surface area contributed by atoms with E-state index in [9.17, 15) is 4.79 Å². The Morgan fingerprint density at radius 3 is 1.73 bits per heavy atom. The van der Waals surface area contributed by atoms with E-state index in [0.29, 0.717) is 31.1 Å². The lowest BCUT2D eigenvalue weighted by Crippen LogP contribution is -2.05. The highest BCUT2D eigenvalue weighted by molar-refractivity contribution is 7.98. The Labute approximate surface area is 228 Å². The Balaban J connectivity index is 1.66. The lowest BCUT2D eigenvalue weighted by Gasteiger charge is -2.14. The first-order valence-electron chi connectivity index (χ1n) is 12.3. The van der Waals surface area contributed by atoms with Crippen LogP contribution in [0.1, 0.15) is 23.1 Å². The summed E-state index contributed by atoms with van der Waals surface area (Å²) in [7, 11) is 0. The Morgan fingerprint density at radius 2 is 1.27 bits per heavy atom. The fourth-order valence-electron chi connectivity index (χ4n) is 3.66. The highest BCUT2D eigenvalue weighted by Gasteiger charge is 2.08. The molecule has 0 amide bonds. The molecule has 3 aromatic rings. The summed E-state index contributed by atoms with van der Waals surface area (Å²) in [5.41, 5.74) is 5.12. The third kappa shape index (κ3) is 10.9. The molecule has 198 valence electrons. The number of carbonyl (C=O) groups is 1. The van der Waals surface area contributed by atoms with Crippen LogP contribution in [0.2, 0.25) is 0 Å². The smallest absolute Gasteiger partial charge is 0.303 e. The first-order chi connectivity index (χ1) is 18.1. The predicted octanol–water partition coefficient (Wildman–Crippen LogP) is 6.41. The Kier molecular flexibility index (Phi) is 12.4. The average molecular weight is 541 g/mol. The van der Waals surface area contributed by atoms with E-state index in [2.05, 4.69) is 47.4 Å². The third-order valence-electron chi connectivity index (χ3n) is 5.50. The van der Waals surface area contributed by atoms with Crippen LogP contribution in [0, 0.1) is 0 Å². The van der Waals surface area contributed by atoms with Gasteiger partial charge in [0.05, 0.1) is 0 Å². The minimum Gasteiger partial charge on any atom is -0.489 e. The first-order valence-corrected chi connectivity index (χ1v) is 15.1. The number of ether oxygens (including phenoxy) is 2. The summed E-state index contributed by atoms with van der Waals surface area (Å²) < 4.78 is 12.2. The second-order valence-corrected chi connectivity index (χ2v) is 10.5. The molecule has 6 nitrogen and oxygen atoms in total. The van der Waals surface area contributed by atoms with E-state index in [-0.39, 0.29) is 6.42 Å². The van der Waals surface area contributed by atoms with Gasteiger partial charge in [0.1, 0.15) is 24.7 Å².